The first-order valence-corrected chi connectivity index (χ1v) is 5.94. The molecule has 4 heteroatoms. The van der Waals surface area contributed by atoms with E-state index in [1.165, 1.54) is 0 Å². The van der Waals surface area contributed by atoms with Gasteiger partial charge < -0.3 is 10.1 Å². The molecule has 1 N–H and O–H groups in total. The van der Waals surface area contributed by atoms with Crippen molar-refractivity contribution in [2.24, 2.45) is 7.05 Å². The molecule has 0 unspecified atom stereocenters. The van der Waals surface area contributed by atoms with E-state index < -0.39 is 0 Å². The maximum absolute atomic E-state index is 5.39. The van der Waals surface area contributed by atoms with Crippen LogP contribution in [0.5, 0.6) is 5.75 Å². The molecule has 1 heterocycles. The van der Waals surface area contributed by atoms with E-state index in [0.717, 1.165) is 34.0 Å². The molecule has 96 valence electrons. The van der Waals surface area contributed by atoms with Crippen molar-refractivity contribution in [1.82, 2.24) is 9.78 Å². The number of rotatable bonds is 3. The first-order valence-electron chi connectivity index (χ1n) is 5.94. The molecule has 0 bridgehead atoms. The summed E-state index contributed by atoms with van der Waals surface area (Å²) in [5.41, 5.74) is 4.52. The lowest BCUT2D eigenvalue weighted by Crippen LogP contribution is -1.97. The fourth-order valence-corrected chi connectivity index (χ4v) is 2.28. The lowest BCUT2D eigenvalue weighted by Gasteiger charge is -2.11. The predicted octanol–water partition coefficient (Wildman–Crippen LogP) is 2.75. The van der Waals surface area contributed by atoms with Crippen LogP contribution in [0, 0.1) is 13.8 Å². The summed E-state index contributed by atoms with van der Waals surface area (Å²) >= 11 is 0. The number of benzene rings is 1. The summed E-state index contributed by atoms with van der Waals surface area (Å²) in [6.45, 7) is 4.12. The third-order valence-electron chi connectivity index (χ3n) is 3.10. The molecule has 0 aliphatic heterocycles. The smallest absolute Gasteiger partial charge is 0.148 e. The van der Waals surface area contributed by atoms with Crippen LogP contribution in [0.3, 0.4) is 0 Å². The number of nitrogens with zero attached hydrogens (tertiary/aromatic N) is 2. The van der Waals surface area contributed by atoms with E-state index in [0.29, 0.717) is 0 Å². The topological polar surface area (TPSA) is 39.1 Å². The molecule has 0 spiro atoms. The number of hydrogen-bond donors (Lipinski definition) is 1. The Hall–Kier alpha value is -1.97. The SMILES string of the molecule is CNc1cc(-c2cc(C)c(OC)c(C)c2)n(C)n1. The fourth-order valence-electron chi connectivity index (χ4n) is 2.28. The van der Waals surface area contributed by atoms with E-state index in [1.807, 2.05) is 24.8 Å². The average Bonchev–Trinajstić information content (AvgIpc) is 2.70. The van der Waals surface area contributed by atoms with E-state index in [2.05, 4.69) is 36.4 Å². The van der Waals surface area contributed by atoms with E-state index in [9.17, 15) is 0 Å². The van der Waals surface area contributed by atoms with E-state index in [1.54, 1.807) is 7.11 Å². The second-order valence-corrected chi connectivity index (χ2v) is 4.43. The van der Waals surface area contributed by atoms with Gasteiger partial charge in [0.05, 0.1) is 12.8 Å². The highest BCUT2D eigenvalue weighted by Gasteiger charge is 2.10. The van der Waals surface area contributed by atoms with Crippen LogP contribution >= 0.6 is 0 Å². The maximum atomic E-state index is 5.39. The molecule has 0 atom stereocenters. The number of nitrogens with one attached hydrogen (secondary N) is 1. The van der Waals surface area contributed by atoms with Gasteiger partial charge >= 0.3 is 0 Å². The van der Waals surface area contributed by atoms with Gasteiger partial charge in [-0.15, -0.1) is 0 Å². The molecule has 1 aromatic heterocycles. The number of methoxy groups -OCH3 is 1. The van der Waals surface area contributed by atoms with Crippen molar-refractivity contribution >= 4 is 5.82 Å². The second kappa shape index (κ2) is 4.72. The molecule has 0 saturated carbocycles. The molecule has 18 heavy (non-hydrogen) atoms. The summed E-state index contributed by atoms with van der Waals surface area (Å²) in [7, 11) is 5.53. The van der Waals surface area contributed by atoms with Crippen LogP contribution in [0.25, 0.3) is 11.3 Å². The molecule has 1 aromatic carbocycles. The van der Waals surface area contributed by atoms with Crippen molar-refractivity contribution in [2.75, 3.05) is 19.5 Å². The van der Waals surface area contributed by atoms with Crippen molar-refractivity contribution in [2.45, 2.75) is 13.8 Å². The first-order chi connectivity index (χ1) is 8.56. The van der Waals surface area contributed by atoms with Gasteiger partial charge in [-0.1, -0.05) is 0 Å². The lowest BCUT2D eigenvalue weighted by atomic mass is 10.0. The number of hydrogen-bond acceptors (Lipinski definition) is 3. The van der Waals surface area contributed by atoms with Crippen molar-refractivity contribution in [3.8, 4) is 17.0 Å². The number of ether oxygens (including phenoxy) is 1. The first kappa shape index (κ1) is 12.5. The minimum atomic E-state index is 0.874. The molecule has 0 fully saturated rings. The Morgan fingerprint density at radius 2 is 1.78 bits per heavy atom. The number of aryl methyl sites for hydroxylation is 3. The van der Waals surface area contributed by atoms with E-state index in [4.69, 9.17) is 4.74 Å². The molecular formula is C14H19N3O. The number of aromatic nitrogens is 2. The highest BCUT2D eigenvalue weighted by atomic mass is 16.5. The Morgan fingerprint density at radius 3 is 2.22 bits per heavy atom. The Bertz CT molecular complexity index is 549. The summed E-state index contributed by atoms with van der Waals surface area (Å²) in [6.07, 6.45) is 0. The fraction of sp³-hybridized carbons (Fsp3) is 0.357. The summed E-state index contributed by atoms with van der Waals surface area (Å²) in [5, 5.41) is 7.43. The molecule has 0 aliphatic rings. The largest absolute Gasteiger partial charge is 0.496 e. The van der Waals surface area contributed by atoms with Crippen LogP contribution in [0.1, 0.15) is 11.1 Å². The summed E-state index contributed by atoms with van der Waals surface area (Å²) < 4.78 is 7.27. The molecule has 0 radical (unpaired) electrons. The van der Waals surface area contributed by atoms with Gasteiger partial charge in [-0.25, -0.2) is 0 Å². The van der Waals surface area contributed by atoms with Gasteiger partial charge in [0, 0.05) is 25.7 Å². The maximum Gasteiger partial charge on any atom is 0.148 e. The molecule has 0 amide bonds. The minimum Gasteiger partial charge on any atom is -0.496 e. The average molecular weight is 245 g/mol. The standard InChI is InChI=1S/C14H19N3O/c1-9-6-11(7-10(2)14(9)18-5)12-8-13(15-3)16-17(12)4/h6-8H,1-5H3,(H,15,16). The van der Waals surface area contributed by atoms with Crippen molar-refractivity contribution < 1.29 is 4.74 Å². The second-order valence-electron chi connectivity index (χ2n) is 4.43. The summed E-state index contributed by atoms with van der Waals surface area (Å²) in [6, 6.07) is 6.30. The van der Waals surface area contributed by atoms with Crippen LogP contribution in [-0.4, -0.2) is 23.9 Å². The van der Waals surface area contributed by atoms with Crippen LogP contribution in [0.15, 0.2) is 18.2 Å². The third kappa shape index (κ3) is 2.06. The molecule has 2 rings (SSSR count). The minimum absolute atomic E-state index is 0.874. The van der Waals surface area contributed by atoms with Gasteiger partial charge in [-0.3, -0.25) is 4.68 Å². The molecule has 4 nitrogen and oxygen atoms in total. The highest BCUT2D eigenvalue weighted by molar-refractivity contribution is 5.67. The van der Waals surface area contributed by atoms with Crippen LogP contribution in [-0.2, 0) is 7.05 Å². The Labute approximate surface area is 108 Å². The van der Waals surface area contributed by atoms with Gasteiger partial charge in [0.1, 0.15) is 11.6 Å². The summed E-state index contributed by atoms with van der Waals surface area (Å²) in [4.78, 5) is 0. The Kier molecular flexibility index (Phi) is 3.28. The van der Waals surface area contributed by atoms with E-state index >= 15 is 0 Å². The molecule has 2 aromatic rings. The quantitative estimate of drug-likeness (QED) is 0.903. The zero-order valence-electron chi connectivity index (χ0n) is 11.5. The van der Waals surface area contributed by atoms with E-state index in [-0.39, 0.29) is 0 Å². The third-order valence-corrected chi connectivity index (χ3v) is 3.10. The molecule has 0 aliphatic carbocycles. The van der Waals surface area contributed by atoms with Gasteiger partial charge in [-0.2, -0.15) is 5.10 Å². The normalized spacial score (nSPS) is 10.5. The van der Waals surface area contributed by atoms with Crippen LogP contribution < -0.4 is 10.1 Å². The van der Waals surface area contributed by atoms with Gasteiger partial charge in [0.25, 0.3) is 0 Å². The van der Waals surface area contributed by atoms with Gasteiger partial charge in [0.15, 0.2) is 0 Å². The van der Waals surface area contributed by atoms with Crippen molar-refractivity contribution in [3.63, 3.8) is 0 Å². The Morgan fingerprint density at radius 1 is 1.17 bits per heavy atom. The highest BCUT2D eigenvalue weighted by Crippen LogP contribution is 2.30. The predicted molar refractivity (Wildman–Crippen MR) is 74.2 cm³/mol. The lowest BCUT2D eigenvalue weighted by molar-refractivity contribution is 0.408. The van der Waals surface area contributed by atoms with Gasteiger partial charge in [0.2, 0.25) is 0 Å². The Balaban J connectivity index is 2.54. The summed E-state index contributed by atoms with van der Waals surface area (Å²) in [5.74, 6) is 1.83. The zero-order valence-corrected chi connectivity index (χ0v) is 11.5. The number of anilines is 1. The van der Waals surface area contributed by atoms with Crippen molar-refractivity contribution in [1.29, 1.82) is 0 Å². The molecule has 0 saturated heterocycles. The zero-order chi connectivity index (χ0) is 13.3. The van der Waals surface area contributed by atoms with Gasteiger partial charge in [-0.05, 0) is 37.1 Å². The molecular weight excluding hydrogens is 226 g/mol. The monoisotopic (exact) mass is 245 g/mol. The van der Waals surface area contributed by atoms with Crippen LogP contribution in [0.4, 0.5) is 5.82 Å². The van der Waals surface area contributed by atoms with Crippen LogP contribution in [0.2, 0.25) is 0 Å². The van der Waals surface area contributed by atoms with Crippen molar-refractivity contribution in [3.05, 3.63) is 29.3 Å².